The van der Waals surface area contributed by atoms with Gasteiger partial charge in [-0.3, -0.25) is 9.59 Å². The van der Waals surface area contributed by atoms with Crippen molar-refractivity contribution in [2.45, 2.75) is 202 Å². The second-order valence-corrected chi connectivity index (χ2v) is 15.8. The Morgan fingerprint density at radius 3 is 2.06 bits per heavy atom. The fraction of sp³-hybridized carbons (Fsp3) is 0.773. The summed E-state index contributed by atoms with van der Waals surface area (Å²) in [5, 5.41) is 22.6. The highest BCUT2D eigenvalue weighted by atomic mass is 16.5. The van der Waals surface area contributed by atoms with Crippen LogP contribution in [0.3, 0.4) is 0 Å². The lowest BCUT2D eigenvalue weighted by Crippen LogP contribution is -2.52. The normalized spacial score (nSPS) is 23.3. The quantitative estimate of drug-likeness (QED) is 0.0311. The van der Waals surface area contributed by atoms with Crippen LogP contribution in [-0.2, 0) is 14.3 Å². The number of aldehydes is 1. The molecule has 1 saturated carbocycles. The largest absolute Gasteiger partial charge is 0.466 e. The van der Waals surface area contributed by atoms with Gasteiger partial charge in [-0.15, -0.1) is 0 Å². The molecule has 0 aliphatic heterocycles. The Hall–Kier alpha value is -1.98. The fourth-order valence-corrected chi connectivity index (χ4v) is 7.49. The van der Waals surface area contributed by atoms with Gasteiger partial charge in [0, 0.05) is 11.8 Å². The number of unbranched alkanes of at least 4 members (excludes halogenated alkanes) is 10. The van der Waals surface area contributed by atoms with Gasteiger partial charge in [-0.1, -0.05) is 113 Å². The van der Waals surface area contributed by atoms with E-state index in [4.69, 9.17) is 4.74 Å². The molecule has 49 heavy (non-hydrogen) atoms. The van der Waals surface area contributed by atoms with Crippen LogP contribution in [0.2, 0.25) is 0 Å². The van der Waals surface area contributed by atoms with Gasteiger partial charge in [-0.25, -0.2) is 0 Å². The van der Waals surface area contributed by atoms with Gasteiger partial charge in [0.1, 0.15) is 6.29 Å². The molecule has 1 aliphatic rings. The number of allylic oxidation sites excluding steroid dienone is 6. The predicted octanol–water partition coefficient (Wildman–Crippen LogP) is 11.9. The lowest BCUT2D eigenvalue weighted by Gasteiger charge is -2.53. The molecule has 0 radical (unpaired) electrons. The molecule has 1 rings (SSSR count). The van der Waals surface area contributed by atoms with Gasteiger partial charge in [-0.2, -0.15) is 0 Å². The van der Waals surface area contributed by atoms with Crippen LogP contribution in [0, 0.1) is 11.3 Å². The zero-order valence-electron chi connectivity index (χ0n) is 33.1. The van der Waals surface area contributed by atoms with Crippen LogP contribution in [0.25, 0.3) is 0 Å². The van der Waals surface area contributed by atoms with Crippen molar-refractivity contribution in [2.75, 3.05) is 6.61 Å². The molecule has 282 valence electrons. The highest BCUT2D eigenvalue weighted by molar-refractivity contribution is 5.74. The molecule has 0 spiro atoms. The van der Waals surface area contributed by atoms with E-state index in [1.54, 1.807) is 0 Å². The third kappa shape index (κ3) is 17.7. The van der Waals surface area contributed by atoms with Crippen molar-refractivity contribution >= 4 is 12.3 Å². The van der Waals surface area contributed by atoms with E-state index in [1.807, 2.05) is 20.8 Å². The number of ether oxygens (including phenoxy) is 1. The topological polar surface area (TPSA) is 83.8 Å². The smallest absolute Gasteiger partial charge is 0.305 e. The van der Waals surface area contributed by atoms with Crippen molar-refractivity contribution in [3.8, 4) is 0 Å². The van der Waals surface area contributed by atoms with E-state index in [0.717, 1.165) is 68.0 Å². The molecule has 0 aromatic rings. The summed E-state index contributed by atoms with van der Waals surface area (Å²) in [6.07, 6.45) is 28.1. The zero-order valence-corrected chi connectivity index (χ0v) is 33.1. The fourth-order valence-electron chi connectivity index (χ4n) is 7.49. The van der Waals surface area contributed by atoms with Crippen molar-refractivity contribution < 1.29 is 24.5 Å². The van der Waals surface area contributed by atoms with Crippen molar-refractivity contribution in [1.82, 2.24) is 0 Å². The number of carbonyl (C=O) groups is 2. The molecular formula is C44H76O5. The van der Waals surface area contributed by atoms with E-state index in [-0.39, 0.29) is 11.9 Å². The Kier molecular flexibility index (Phi) is 23.0. The summed E-state index contributed by atoms with van der Waals surface area (Å²) in [6.45, 7) is 17.0. The summed E-state index contributed by atoms with van der Waals surface area (Å²) in [5.41, 5.74) is 4.10. The Morgan fingerprint density at radius 1 is 0.857 bits per heavy atom. The summed E-state index contributed by atoms with van der Waals surface area (Å²) >= 11 is 0. The summed E-state index contributed by atoms with van der Waals surface area (Å²) in [4.78, 5) is 24.4. The van der Waals surface area contributed by atoms with Gasteiger partial charge in [-0.05, 0) is 123 Å². The van der Waals surface area contributed by atoms with E-state index in [9.17, 15) is 19.8 Å². The number of hydrogen-bond acceptors (Lipinski definition) is 5. The van der Waals surface area contributed by atoms with Gasteiger partial charge in [0.25, 0.3) is 0 Å². The van der Waals surface area contributed by atoms with E-state index in [2.05, 4.69) is 52.8 Å². The average Bonchev–Trinajstić information content (AvgIpc) is 3.05. The Bertz CT molecular complexity index is 1070. The molecular weight excluding hydrogens is 608 g/mol. The highest BCUT2D eigenvalue weighted by Crippen LogP contribution is 2.55. The molecule has 0 amide bonds. The lowest BCUT2D eigenvalue weighted by molar-refractivity contribution is -0.144. The van der Waals surface area contributed by atoms with Gasteiger partial charge >= 0.3 is 5.97 Å². The maximum Gasteiger partial charge on any atom is 0.305 e. The van der Waals surface area contributed by atoms with Crippen LogP contribution in [0.15, 0.2) is 46.1 Å². The summed E-state index contributed by atoms with van der Waals surface area (Å²) in [6, 6.07) is 0. The Labute approximate surface area is 302 Å². The second-order valence-electron chi connectivity index (χ2n) is 15.8. The van der Waals surface area contributed by atoms with Crippen LogP contribution in [0.5, 0.6) is 0 Å². The minimum Gasteiger partial charge on any atom is -0.466 e. The van der Waals surface area contributed by atoms with E-state index >= 15 is 0 Å². The number of aliphatic hydroxyl groups is 2. The molecule has 1 fully saturated rings. The first-order valence-corrected chi connectivity index (χ1v) is 20.0. The molecule has 0 heterocycles. The standard InChI is InChI=1S/C44H76O5/c1-9-10-11-12-13-14-15-16-17-18-19-27-42(47)49-33-22-26-40-39(38(6)34-45)30-32-44(8,48)43(40,7)31-21-25-37(5)41(46)29-28-36(4)24-20-23-35(2)3/h23,25,28,34,40-41,46,48H,9-22,24,26-27,29-33H2,1-8H3/b36-28+,37-25+,39-38+. The molecule has 0 aromatic carbocycles. The Morgan fingerprint density at radius 2 is 1.47 bits per heavy atom. The molecule has 4 atom stereocenters. The molecule has 1 aliphatic carbocycles. The number of aliphatic hydroxyl groups excluding tert-OH is 1. The van der Waals surface area contributed by atoms with Crippen LogP contribution in [0.1, 0.15) is 190 Å². The van der Waals surface area contributed by atoms with Crippen molar-refractivity contribution in [2.24, 2.45) is 11.3 Å². The third-order valence-electron chi connectivity index (χ3n) is 11.3. The SMILES string of the molecule is CCCCCCCCCCCCCC(=O)OCCCC1/C(=C(\C)C=O)CCC(C)(O)C1(C)CC/C=C(\C)C(O)C/C=C(\C)CCC=C(C)C. The van der Waals surface area contributed by atoms with E-state index in [1.165, 1.54) is 68.9 Å². The first-order valence-electron chi connectivity index (χ1n) is 20.0. The maximum absolute atomic E-state index is 12.5. The minimum atomic E-state index is -0.901. The molecule has 5 nitrogen and oxygen atoms in total. The van der Waals surface area contributed by atoms with E-state index < -0.39 is 17.1 Å². The number of hydrogen-bond donors (Lipinski definition) is 2. The molecule has 0 aromatic heterocycles. The van der Waals surface area contributed by atoms with Gasteiger partial charge in [0.15, 0.2) is 0 Å². The minimum absolute atomic E-state index is 0.0109. The number of rotatable bonds is 26. The number of carbonyl (C=O) groups excluding carboxylic acids is 2. The predicted molar refractivity (Wildman–Crippen MR) is 208 cm³/mol. The first kappa shape index (κ1) is 45.0. The monoisotopic (exact) mass is 685 g/mol. The third-order valence-corrected chi connectivity index (χ3v) is 11.3. The molecule has 0 bridgehead atoms. The van der Waals surface area contributed by atoms with Crippen molar-refractivity contribution in [3.05, 3.63) is 46.1 Å². The van der Waals surface area contributed by atoms with Gasteiger partial charge in [0.05, 0.1) is 18.3 Å². The zero-order chi connectivity index (χ0) is 36.7. The average molecular weight is 685 g/mol. The van der Waals surface area contributed by atoms with Crippen molar-refractivity contribution in [1.29, 1.82) is 0 Å². The lowest BCUT2D eigenvalue weighted by atomic mass is 9.54. The molecule has 5 heteroatoms. The van der Waals surface area contributed by atoms with Crippen LogP contribution in [0.4, 0.5) is 0 Å². The summed E-state index contributed by atoms with van der Waals surface area (Å²) in [7, 11) is 0. The molecule has 2 N–H and O–H groups in total. The van der Waals surface area contributed by atoms with Gasteiger partial charge < -0.3 is 14.9 Å². The molecule has 0 saturated heterocycles. The van der Waals surface area contributed by atoms with Crippen molar-refractivity contribution in [3.63, 3.8) is 0 Å². The number of esters is 1. The van der Waals surface area contributed by atoms with Crippen LogP contribution >= 0.6 is 0 Å². The summed E-state index contributed by atoms with van der Waals surface area (Å²) < 4.78 is 5.65. The van der Waals surface area contributed by atoms with Gasteiger partial charge in [0.2, 0.25) is 0 Å². The Balaban J connectivity index is 2.67. The van der Waals surface area contributed by atoms with Crippen LogP contribution < -0.4 is 0 Å². The summed E-state index contributed by atoms with van der Waals surface area (Å²) in [5.74, 6) is -0.108. The molecule has 4 unspecified atom stereocenters. The second kappa shape index (κ2) is 25.1. The van der Waals surface area contributed by atoms with Crippen LogP contribution in [-0.4, -0.2) is 40.8 Å². The maximum atomic E-state index is 12.5. The first-order chi connectivity index (χ1) is 23.3. The highest BCUT2D eigenvalue weighted by Gasteiger charge is 2.52. The van der Waals surface area contributed by atoms with E-state index in [0.29, 0.717) is 38.7 Å².